The van der Waals surface area contributed by atoms with Gasteiger partial charge in [0.05, 0.1) is 6.42 Å². The van der Waals surface area contributed by atoms with Crippen molar-refractivity contribution in [2.75, 3.05) is 6.54 Å². The molecule has 0 atom stereocenters. The molecule has 0 aromatic rings. The lowest BCUT2D eigenvalue weighted by molar-refractivity contribution is -0.199. The van der Waals surface area contributed by atoms with Crippen LogP contribution < -0.4 is 0 Å². The fourth-order valence-electron chi connectivity index (χ4n) is 3.61. The third-order valence-corrected chi connectivity index (χ3v) is 4.27. The van der Waals surface area contributed by atoms with Crippen molar-refractivity contribution < 1.29 is 28.8 Å². The fourth-order valence-corrected chi connectivity index (χ4v) is 3.61. The number of carbonyl (C=O) groups excluding carboxylic acids is 5. The van der Waals surface area contributed by atoms with Gasteiger partial charge in [0, 0.05) is 31.5 Å². The molecule has 8 heteroatoms. The zero-order valence-electron chi connectivity index (χ0n) is 15.5. The predicted octanol–water partition coefficient (Wildman–Crippen LogP) is 1.35. The number of nitrogens with zero attached hydrogens (tertiary/aromatic N) is 2. The molecule has 0 spiro atoms. The van der Waals surface area contributed by atoms with E-state index in [0.29, 0.717) is 11.5 Å². The van der Waals surface area contributed by atoms with E-state index in [1.807, 2.05) is 27.7 Å². The van der Waals surface area contributed by atoms with E-state index in [2.05, 4.69) is 0 Å². The van der Waals surface area contributed by atoms with Crippen LogP contribution >= 0.6 is 0 Å². The standard InChI is InChI=1S/C18H24N2O6/c1-17(2,9-16(25)26-20-14(23)7-8-15(20)24)10-18(3,4)11-19-12(21)5-6-13(19)22/h5-6H,7-11H2,1-4H3. The highest BCUT2D eigenvalue weighted by molar-refractivity contribution is 6.12. The van der Waals surface area contributed by atoms with E-state index in [9.17, 15) is 24.0 Å². The summed E-state index contributed by atoms with van der Waals surface area (Å²) in [6, 6.07) is 0. The molecular weight excluding hydrogens is 340 g/mol. The summed E-state index contributed by atoms with van der Waals surface area (Å²) in [5.41, 5.74) is -0.952. The average molecular weight is 364 g/mol. The highest BCUT2D eigenvalue weighted by atomic mass is 16.7. The number of imide groups is 2. The molecular formula is C18H24N2O6. The summed E-state index contributed by atoms with van der Waals surface area (Å²) >= 11 is 0. The van der Waals surface area contributed by atoms with E-state index < -0.39 is 28.6 Å². The quantitative estimate of drug-likeness (QED) is 0.632. The number of amides is 4. The molecule has 142 valence electrons. The van der Waals surface area contributed by atoms with Crippen LogP contribution in [0.1, 0.15) is 53.4 Å². The SMILES string of the molecule is CC(C)(CC(=O)ON1C(=O)CCC1=O)CC(C)(C)CN1C(=O)C=CC1=O. The summed E-state index contributed by atoms with van der Waals surface area (Å²) in [6.45, 7) is 7.77. The summed E-state index contributed by atoms with van der Waals surface area (Å²) in [6.07, 6.45) is 3.10. The minimum atomic E-state index is -0.663. The van der Waals surface area contributed by atoms with E-state index in [4.69, 9.17) is 4.84 Å². The van der Waals surface area contributed by atoms with Crippen molar-refractivity contribution in [3.8, 4) is 0 Å². The van der Waals surface area contributed by atoms with Crippen LogP contribution in [0.2, 0.25) is 0 Å². The number of rotatable bonds is 7. The molecule has 2 heterocycles. The van der Waals surface area contributed by atoms with Gasteiger partial charge in [0.25, 0.3) is 23.6 Å². The van der Waals surface area contributed by atoms with Crippen LogP contribution in [-0.4, -0.2) is 46.1 Å². The molecule has 1 fully saturated rings. The maximum absolute atomic E-state index is 12.1. The Kier molecular flexibility index (Phi) is 5.34. The van der Waals surface area contributed by atoms with Gasteiger partial charge in [-0.25, -0.2) is 4.79 Å². The van der Waals surface area contributed by atoms with E-state index in [1.54, 1.807) is 0 Å². The van der Waals surface area contributed by atoms with E-state index in [-0.39, 0.29) is 37.6 Å². The summed E-state index contributed by atoms with van der Waals surface area (Å²) in [4.78, 5) is 64.8. The molecule has 0 radical (unpaired) electrons. The normalized spacial score (nSPS) is 18.3. The van der Waals surface area contributed by atoms with E-state index in [0.717, 1.165) is 0 Å². The molecule has 2 aliphatic heterocycles. The molecule has 0 aromatic heterocycles. The summed E-state index contributed by atoms with van der Waals surface area (Å²) < 4.78 is 0. The number of hydroxylamine groups is 2. The lowest BCUT2D eigenvalue weighted by Gasteiger charge is -2.36. The van der Waals surface area contributed by atoms with Crippen LogP contribution in [0.4, 0.5) is 0 Å². The van der Waals surface area contributed by atoms with Gasteiger partial charge < -0.3 is 4.84 Å². The zero-order chi connectivity index (χ0) is 19.7. The monoisotopic (exact) mass is 364 g/mol. The first kappa shape index (κ1) is 19.8. The van der Waals surface area contributed by atoms with Crippen LogP contribution in [0.5, 0.6) is 0 Å². The molecule has 26 heavy (non-hydrogen) atoms. The van der Waals surface area contributed by atoms with Crippen LogP contribution in [0.15, 0.2) is 12.2 Å². The molecule has 0 aliphatic carbocycles. The molecule has 1 saturated heterocycles. The molecule has 8 nitrogen and oxygen atoms in total. The van der Waals surface area contributed by atoms with Crippen molar-refractivity contribution in [3.05, 3.63) is 12.2 Å². The largest absolute Gasteiger partial charge is 0.333 e. The highest BCUT2D eigenvalue weighted by Crippen LogP contribution is 2.37. The number of hydrogen-bond donors (Lipinski definition) is 0. The molecule has 0 bridgehead atoms. The van der Waals surface area contributed by atoms with Crippen molar-refractivity contribution in [2.45, 2.75) is 53.4 Å². The minimum absolute atomic E-state index is 0.00632. The van der Waals surface area contributed by atoms with Gasteiger partial charge in [0.15, 0.2) is 0 Å². The van der Waals surface area contributed by atoms with Crippen molar-refractivity contribution >= 4 is 29.6 Å². The zero-order valence-corrected chi connectivity index (χ0v) is 15.5. The third-order valence-electron chi connectivity index (χ3n) is 4.27. The average Bonchev–Trinajstić information content (AvgIpc) is 2.95. The first-order valence-corrected chi connectivity index (χ1v) is 8.50. The fraction of sp³-hybridized carbons (Fsp3) is 0.611. The van der Waals surface area contributed by atoms with Gasteiger partial charge in [0.1, 0.15) is 0 Å². The second-order valence-corrected chi connectivity index (χ2v) is 8.32. The maximum Gasteiger partial charge on any atom is 0.333 e. The van der Waals surface area contributed by atoms with E-state index in [1.165, 1.54) is 17.1 Å². The molecule has 0 aromatic carbocycles. The Labute approximate surface area is 152 Å². The first-order valence-electron chi connectivity index (χ1n) is 8.50. The lowest BCUT2D eigenvalue weighted by atomic mass is 9.73. The Morgan fingerprint density at radius 3 is 1.96 bits per heavy atom. The first-order chi connectivity index (χ1) is 11.9. The van der Waals surface area contributed by atoms with Crippen LogP contribution in [0.25, 0.3) is 0 Å². The Hall–Kier alpha value is -2.51. The van der Waals surface area contributed by atoms with Crippen LogP contribution in [0.3, 0.4) is 0 Å². The minimum Gasteiger partial charge on any atom is -0.330 e. The van der Waals surface area contributed by atoms with E-state index >= 15 is 0 Å². The van der Waals surface area contributed by atoms with Gasteiger partial charge in [-0.3, -0.25) is 24.1 Å². The Balaban J connectivity index is 1.93. The second kappa shape index (κ2) is 7.01. The van der Waals surface area contributed by atoms with Crippen LogP contribution in [0, 0.1) is 10.8 Å². The Morgan fingerprint density at radius 1 is 0.962 bits per heavy atom. The number of hydrogen-bond acceptors (Lipinski definition) is 6. The molecule has 4 amide bonds. The van der Waals surface area contributed by atoms with Gasteiger partial charge in [-0.15, -0.1) is 5.06 Å². The molecule has 2 rings (SSSR count). The van der Waals surface area contributed by atoms with Crippen molar-refractivity contribution in [3.63, 3.8) is 0 Å². The molecule has 2 aliphatic rings. The maximum atomic E-state index is 12.1. The van der Waals surface area contributed by atoms with Gasteiger partial charge in [-0.05, 0) is 17.3 Å². The number of carbonyl (C=O) groups is 5. The molecule has 0 saturated carbocycles. The van der Waals surface area contributed by atoms with Crippen molar-refractivity contribution in [2.24, 2.45) is 10.8 Å². The topological polar surface area (TPSA) is 101 Å². The van der Waals surface area contributed by atoms with Gasteiger partial charge in [-0.1, -0.05) is 27.7 Å². The van der Waals surface area contributed by atoms with Crippen molar-refractivity contribution in [1.82, 2.24) is 9.96 Å². The second-order valence-electron chi connectivity index (χ2n) is 8.32. The van der Waals surface area contributed by atoms with Gasteiger partial charge in [0.2, 0.25) is 0 Å². The summed E-state index contributed by atoms with van der Waals surface area (Å²) in [5.74, 6) is -2.37. The van der Waals surface area contributed by atoms with Gasteiger partial charge in [-0.2, -0.15) is 0 Å². The van der Waals surface area contributed by atoms with Gasteiger partial charge >= 0.3 is 5.97 Å². The smallest absolute Gasteiger partial charge is 0.330 e. The van der Waals surface area contributed by atoms with Crippen molar-refractivity contribution in [1.29, 1.82) is 0 Å². The molecule has 0 unspecified atom stereocenters. The summed E-state index contributed by atoms with van der Waals surface area (Å²) in [7, 11) is 0. The third kappa shape index (κ3) is 4.77. The molecule has 0 N–H and O–H groups in total. The Morgan fingerprint density at radius 2 is 1.46 bits per heavy atom. The summed E-state index contributed by atoms with van der Waals surface area (Å²) in [5, 5.41) is 0.538. The predicted molar refractivity (Wildman–Crippen MR) is 89.8 cm³/mol. The van der Waals surface area contributed by atoms with Crippen LogP contribution in [-0.2, 0) is 28.8 Å². The Bertz CT molecular complexity index is 658. The highest BCUT2D eigenvalue weighted by Gasteiger charge is 2.38. The lowest BCUT2D eigenvalue weighted by Crippen LogP contribution is -2.41.